The lowest BCUT2D eigenvalue weighted by Gasteiger charge is -2.29. The molecule has 2 aliphatic heterocycles. The SMILES string of the molecule is CCOC(=O)[C@@]12C[C@H]1C=CCCCCC[C@H](NC(=O)OC1CCCC1)C(=O)N1C[C@H](Oc3cc(C(=O)O)nc4cc(OC)ccc34)C[C@H]1C(=O)N2. The molecular weight excluding hydrogens is 660 g/mol. The van der Waals surface area contributed by atoms with Crippen LogP contribution in [0.3, 0.4) is 0 Å². The number of aromatic carboxylic acids is 1. The van der Waals surface area contributed by atoms with E-state index in [4.69, 9.17) is 18.9 Å². The standard InChI is InChI=1S/C37H46N4O10/c1-3-49-35(46)37-20-22(37)11-7-5-4-6-8-14-27(39-36(47)51-23-12-9-10-13-23)33(43)41-21-25(18-30(41)32(42)40-37)50-31-19-29(34(44)45)38-28-17-24(48-2)15-16-26(28)31/h7,11,15-17,19,22-23,25,27,30H,3-6,8-10,12-14,18,20-21H2,1-2H3,(H,39,47)(H,40,42)(H,44,45)/t22-,25-,27+,30+,37-/m1/s1. The third kappa shape index (κ3) is 8.04. The fourth-order valence-corrected chi connectivity index (χ4v) is 7.42. The number of benzene rings is 1. The number of ether oxygens (including phenoxy) is 4. The highest BCUT2D eigenvalue weighted by Gasteiger charge is 2.62. The minimum atomic E-state index is -1.26. The summed E-state index contributed by atoms with van der Waals surface area (Å²) in [7, 11) is 1.49. The predicted octanol–water partition coefficient (Wildman–Crippen LogP) is 4.29. The van der Waals surface area contributed by atoms with Crippen molar-refractivity contribution in [2.45, 2.75) is 107 Å². The largest absolute Gasteiger partial charge is 0.497 e. The second-order valence-electron chi connectivity index (χ2n) is 13.7. The number of esters is 1. The lowest BCUT2D eigenvalue weighted by atomic mass is 10.0. The van der Waals surface area contributed by atoms with E-state index in [-0.39, 0.29) is 43.0 Å². The van der Waals surface area contributed by atoms with Crippen LogP contribution >= 0.6 is 0 Å². The minimum absolute atomic E-state index is 0.0368. The van der Waals surface area contributed by atoms with Gasteiger partial charge in [0.25, 0.3) is 0 Å². The summed E-state index contributed by atoms with van der Waals surface area (Å²) in [6.07, 6.45) is 9.67. The van der Waals surface area contributed by atoms with Gasteiger partial charge in [0, 0.05) is 29.9 Å². The van der Waals surface area contributed by atoms with E-state index in [2.05, 4.69) is 15.6 Å². The Morgan fingerprint density at radius 3 is 2.59 bits per heavy atom. The number of alkyl carbamates (subject to hydrolysis) is 1. The van der Waals surface area contributed by atoms with E-state index in [1.807, 2.05) is 12.2 Å². The number of carbonyl (C=O) groups is 5. The molecule has 51 heavy (non-hydrogen) atoms. The third-order valence-corrected chi connectivity index (χ3v) is 10.2. The second kappa shape index (κ2) is 15.6. The molecule has 14 heteroatoms. The number of carbonyl (C=O) groups excluding carboxylic acids is 4. The van der Waals surface area contributed by atoms with Crippen molar-refractivity contribution in [2.24, 2.45) is 5.92 Å². The highest BCUT2D eigenvalue weighted by atomic mass is 16.6. The molecule has 1 aromatic heterocycles. The normalized spacial score (nSPS) is 27.0. The number of rotatable bonds is 8. The zero-order chi connectivity index (χ0) is 36.1. The molecule has 5 atom stereocenters. The molecule has 6 rings (SSSR count). The summed E-state index contributed by atoms with van der Waals surface area (Å²) in [4.78, 5) is 72.6. The lowest BCUT2D eigenvalue weighted by Crippen LogP contribution is -2.56. The van der Waals surface area contributed by atoms with Gasteiger partial charge in [-0.05, 0) is 70.4 Å². The fourth-order valence-electron chi connectivity index (χ4n) is 7.42. The summed E-state index contributed by atoms with van der Waals surface area (Å²) in [5.74, 6) is -2.36. The van der Waals surface area contributed by atoms with Crippen molar-refractivity contribution < 1.29 is 48.0 Å². The van der Waals surface area contributed by atoms with Gasteiger partial charge in [-0.3, -0.25) is 9.59 Å². The number of fused-ring (bicyclic) bond motifs is 3. The number of hydrogen-bond acceptors (Lipinski definition) is 10. The second-order valence-corrected chi connectivity index (χ2v) is 13.7. The van der Waals surface area contributed by atoms with Gasteiger partial charge in [-0.15, -0.1) is 0 Å². The van der Waals surface area contributed by atoms with Crippen LogP contribution in [0, 0.1) is 5.92 Å². The van der Waals surface area contributed by atoms with Crippen LogP contribution in [0.5, 0.6) is 11.5 Å². The molecule has 3 N–H and O–H groups in total. The number of carboxylic acid groups (broad SMARTS) is 1. The summed E-state index contributed by atoms with van der Waals surface area (Å²) < 4.78 is 22.7. The van der Waals surface area contributed by atoms with E-state index >= 15 is 0 Å². The molecule has 3 amide bonds. The number of pyridine rings is 1. The topological polar surface area (TPSA) is 183 Å². The first kappa shape index (κ1) is 35.9. The number of allylic oxidation sites excluding steroid dienone is 1. The molecule has 1 saturated heterocycles. The van der Waals surface area contributed by atoms with Crippen molar-refractivity contribution in [2.75, 3.05) is 20.3 Å². The minimum Gasteiger partial charge on any atom is -0.497 e. The van der Waals surface area contributed by atoms with Gasteiger partial charge >= 0.3 is 18.0 Å². The molecule has 0 spiro atoms. The monoisotopic (exact) mass is 706 g/mol. The maximum absolute atomic E-state index is 14.4. The number of methoxy groups -OCH3 is 1. The molecule has 3 fully saturated rings. The van der Waals surface area contributed by atoms with E-state index in [9.17, 15) is 29.1 Å². The average molecular weight is 707 g/mol. The fraction of sp³-hybridized carbons (Fsp3) is 0.568. The highest BCUT2D eigenvalue weighted by molar-refractivity contribution is 5.97. The smallest absolute Gasteiger partial charge is 0.408 e. The summed E-state index contributed by atoms with van der Waals surface area (Å²) in [6, 6.07) is 4.29. The summed E-state index contributed by atoms with van der Waals surface area (Å²) >= 11 is 0. The van der Waals surface area contributed by atoms with Gasteiger partial charge in [-0.2, -0.15) is 0 Å². The number of hydrogen-bond donors (Lipinski definition) is 3. The Morgan fingerprint density at radius 2 is 1.84 bits per heavy atom. The van der Waals surface area contributed by atoms with E-state index < -0.39 is 53.6 Å². The van der Waals surface area contributed by atoms with Crippen molar-refractivity contribution in [3.8, 4) is 11.5 Å². The number of aromatic nitrogens is 1. The zero-order valence-corrected chi connectivity index (χ0v) is 29.1. The molecule has 0 unspecified atom stereocenters. The van der Waals surface area contributed by atoms with Gasteiger partial charge in [-0.1, -0.05) is 25.0 Å². The number of amides is 3. The molecule has 2 saturated carbocycles. The lowest BCUT2D eigenvalue weighted by molar-refractivity contribution is -0.150. The van der Waals surface area contributed by atoms with Gasteiger partial charge in [0.2, 0.25) is 11.8 Å². The third-order valence-electron chi connectivity index (χ3n) is 10.2. The van der Waals surface area contributed by atoms with Crippen LogP contribution in [0.15, 0.2) is 36.4 Å². The Balaban J connectivity index is 1.31. The van der Waals surface area contributed by atoms with Gasteiger partial charge in [0.05, 0.1) is 25.8 Å². The summed E-state index contributed by atoms with van der Waals surface area (Å²) in [5.41, 5.74) is -1.17. The Bertz CT molecular complexity index is 1690. The van der Waals surface area contributed by atoms with Crippen LogP contribution in [0.2, 0.25) is 0 Å². The molecule has 0 radical (unpaired) electrons. The average Bonchev–Trinajstić information content (AvgIpc) is 3.38. The first-order valence-corrected chi connectivity index (χ1v) is 17.9. The number of nitrogens with zero attached hydrogens (tertiary/aromatic N) is 2. The molecule has 2 aromatic rings. The van der Waals surface area contributed by atoms with Crippen molar-refractivity contribution in [3.05, 3.63) is 42.1 Å². The van der Waals surface area contributed by atoms with Crippen LogP contribution in [0.1, 0.15) is 88.0 Å². The summed E-state index contributed by atoms with van der Waals surface area (Å²) in [5, 5.41) is 16.1. The van der Waals surface area contributed by atoms with Crippen molar-refractivity contribution in [1.29, 1.82) is 0 Å². The maximum atomic E-state index is 14.4. The van der Waals surface area contributed by atoms with Crippen molar-refractivity contribution in [3.63, 3.8) is 0 Å². The Morgan fingerprint density at radius 1 is 1.06 bits per heavy atom. The molecule has 4 aliphatic rings. The van der Waals surface area contributed by atoms with Gasteiger partial charge in [0.15, 0.2) is 5.69 Å². The van der Waals surface area contributed by atoms with Crippen molar-refractivity contribution >= 4 is 40.7 Å². The Labute approximate surface area is 296 Å². The zero-order valence-electron chi connectivity index (χ0n) is 29.1. The first-order chi connectivity index (χ1) is 24.6. The van der Waals surface area contributed by atoms with Crippen LogP contribution < -0.4 is 20.1 Å². The van der Waals surface area contributed by atoms with Gasteiger partial charge in [-0.25, -0.2) is 19.4 Å². The van der Waals surface area contributed by atoms with Crippen molar-refractivity contribution in [1.82, 2.24) is 20.5 Å². The van der Waals surface area contributed by atoms with Crippen LogP contribution in [0.25, 0.3) is 10.9 Å². The van der Waals surface area contributed by atoms with Gasteiger partial charge in [0.1, 0.15) is 41.3 Å². The molecule has 2 aliphatic carbocycles. The summed E-state index contributed by atoms with van der Waals surface area (Å²) in [6.45, 7) is 1.81. The van der Waals surface area contributed by atoms with E-state index in [1.165, 1.54) is 18.1 Å². The molecule has 1 aromatic carbocycles. The molecule has 0 bridgehead atoms. The van der Waals surface area contributed by atoms with E-state index in [0.29, 0.717) is 35.9 Å². The van der Waals surface area contributed by atoms with Crippen LogP contribution in [-0.4, -0.2) is 94.9 Å². The molecular formula is C37H46N4O10. The first-order valence-electron chi connectivity index (χ1n) is 17.9. The molecule has 3 heterocycles. The highest BCUT2D eigenvalue weighted by Crippen LogP contribution is 2.46. The van der Waals surface area contributed by atoms with Crippen LogP contribution in [-0.2, 0) is 23.9 Å². The van der Waals surface area contributed by atoms with Crippen LogP contribution in [0.4, 0.5) is 4.79 Å². The van der Waals surface area contributed by atoms with E-state index in [0.717, 1.165) is 44.9 Å². The number of carboxylic acids is 1. The number of nitrogens with one attached hydrogen (secondary N) is 2. The predicted molar refractivity (Wildman–Crippen MR) is 183 cm³/mol. The van der Waals surface area contributed by atoms with E-state index in [1.54, 1.807) is 25.1 Å². The molecule has 14 nitrogen and oxygen atoms in total. The Kier molecular flexibility index (Phi) is 11.0. The molecule has 274 valence electrons. The quantitative estimate of drug-likeness (QED) is 0.263. The maximum Gasteiger partial charge on any atom is 0.408 e. The van der Waals surface area contributed by atoms with Gasteiger partial charge < -0.3 is 39.6 Å². The Hall–Kier alpha value is -4.88.